The second-order valence-electron chi connectivity index (χ2n) is 9.27. The highest BCUT2D eigenvalue weighted by molar-refractivity contribution is 6.08. The van der Waals surface area contributed by atoms with E-state index in [4.69, 9.17) is 23.7 Å². The van der Waals surface area contributed by atoms with Crippen LogP contribution in [0.15, 0.2) is 66.4 Å². The molecule has 37 heavy (non-hydrogen) atoms. The van der Waals surface area contributed by atoms with Crippen molar-refractivity contribution < 1.29 is 28.5 Å². The van der Waals surface area contributed by atoms with Gasteiger partial charge in [-0.2, -0.15) is 0 Å². The number of ketones is 1. The fraction of sp³-hybridized carbons (Fsp3) is 0.333. The molecule has 5 rings (SSSR count). The van der Waals surface area contributed by atoms with Gasteiger partial charge in [0, 0.05) is 17.7 Å². The molecule has 0 amide bonds. The first-order chi connectivity index (χ1) is 18.0. The normalized spacial score (nSPS) is 24.0. The molecular weight excluding hydrogens is 470 g/mol. The zero-order valence-electron chi connectivity index (χ0n) is 21.5. The summed E-state index contributed by atoms with van der Waals surface area (Å²) < 4.78 is 28.7. The van der Waals surface area contributed by atoms with Gasteiger partial charge in [-0.15, -0.1) is 0 Å². The fourth-order valence-electron chi connectivity index (χ4n) is 5.56. The Morgan fingerprint density at radius 3 is 2.14 bits per heavy atom. The third kappa shape index (κ3) is 4.44. The number of benzene rings is 2. The number of pyridine rings is 1. The van der Waals surface area contributed by atoms with Gasteiger partial charge in [0.1, 0.15) is 5.60 Å². The van der Waals surface area contributed by atoms with Gasteiger partial charge in [-0.25, -0.2) is 0 Å². The minimum absolute atomic E-state index is 0.0147. The second-order valence-corrected chi connectivity index (χ2v) is 9.27. The summed E-state index contributed by atoms with van der Waals surface area (Å²) in [4.78, 5) is 18.5. The lowest BCUT2D eigenvalue weighted by Crippen LogP contribution is -2.38. The van der Waals surface area contributed by atoms with Gasteiger partial charge >= 0.3 is 0 Å². The standard InChI is InChI=1S/C30H31NO6/c1-33-25-10-8-19(17-27(25)35-3)23-16-21(15-22-7-5-6-14-31-22)29(32)30(23)13-12-24(37-30)20-9-11-26(34-2)28(18-20)36-4/h5-11,14-15,17-18,23-24H,12-13,16H2,1-4H3/b21-15+. The van der Waals surface area contributed by atoms with Crippen LogP contribution in [-0.4, -0.2) is 44.8 Å². The van der Waals surface area contributed by atoms with Crippen molar-refractivity contribution in [3.05, 3.63) is 83.2 Å². The smallest absolute Gasteiger partial charge is 0.191 e. The number of rotatable bonds is 7. The number of methoxy groups -OCH3 is 4. The van der Waals surface area contributed by atoms with E-state index in [0.29, 0.717) is 47.8 Å². The molecule has 1 aliphatic carbocycles. The van der Waals surface area contributed by atoms with Crippen molar-refractivity contribution in [1.82, 2.24) is 4.98 Å². The molecule has 0 bridgehead atoms. The van der Waals surface area contributed by atoms with Crippen molar-refractivity contribution in [2.75, 3.05) is 28.4 Å². The van der Waals surface area contributed by atoms with Crippen molar-refractivity contribution in [3.8, 4) is 23.0 Å². The summed E-state index contributed by atoms with van der Waals surface area (Å²) in [5, 5.41) is 0. The molecule has 2 fully saturated rings. The van der Waals surface area contributed by atoms with Crippen molar-refractivity contribution >= 4 is 11.9 Å². The molecule has 2 aliphatic rings. The zero-order chi connectivity index (χ0) is 26.0. The average molecular weight is 502 g/mol. The largest absolute Gasteiger partial charge is 0.493 e. The van der Waals surface area contributed by atoms with Crippen molar-refractivity contribution in [1.29, 1.82) is 0 Å². The van der Waals surface area contributed by atoms with Crippen LogP contribution in [0.5, 0.6) is 23.0 Å². The summed E-state index contributed by atoms with van der Waals surface area (Å²) in [5.41, 5.74) is 2.41. The molecule has 1 spiro atoms. The molecule has 2 aromatic carbocycles. The predicted octanol–water partition coefficient (Wildman–Crippen LogP) is 5.55. The molecule has 0 radical (unpaired) electrons. The van der Waals surface area contributed by atoms with Crippen molar-refractivity contribution in [2.45, 2.75) is 36.9 Å². The van der Waals surface area contributed by atoms with Crippen LogP contribution in [0.3, 0.4) is 0 Å². The lowest BCUT2D eigenvalue weighted by molar-refractivity contribution is -0.138. The highest BCUT2D eigenvalue weighted by Crippen LogP contribution is 2.56. The van der Waals surface area contributed by atoms with E-state index in [2.05, 4.69) is 4.98 Å². The monoisotopic (exact) mass is 501 g/mol. The Kier molecular flexibility index (Phi) is 6.89. The summed E-state index contributed by atoms with van der Waals surface area (Å²) >= 11 is 0. The van der Waals surface area contributed by atoms with E-state index in [-0.39, 0.29) is 17.8 Å². The molecule has 1 saturated heterocycles. The van der Waals surface area contributed by atoms with Gasteiger partial charge in [-0.05, 0) is 72.9 Å². The molecule has 7 nitrogen and oxygen atoms in total. The Bertz CT molecular complexity index is 1320. The van der Waals surface area contributed by atoms with E-state index >= 15 is 0 Å². The summed E-state index contributed by atoms with van der Waals surface area (Å²) in [6, 6.07) is 17.3. The predicted molar refractivity (Wildman–Crippen MR) is 139 cm³/mol. The number of carbonyl (C=O) groups excluding carboxylic acids is 1. The van der Waals surface area contributed by atoms with Crippen molar-refractivity contribution in [3.63, 3.8) is 0 Å². The lowest BCUT2D eigenvalue weighted by Gasteiger charge is -2.30. The zero-order valence-corrected chi connectivity index (χ0v) is 21.5. The van der Waals surface area contributed by atoms with E-state index in [1.807, 2.05) is 60.7 Å². The highest BCUT2D eigenvalue weighted by atomic mass is 16.5. The number of hydrogen-bond donors (Lipinski definition) is 0. The molecule has 192 valence electrons. The number of nitrogens with zero attached hydrogens (tertiary/aromatic N) is 1. The first-order valence-electron chi connectivity index (χ1n) is 12.3. The molecule has 0 N–H and O–H groups in total. The maximum absolute atomic E-state index is 14.1. The number of aromatic nitrogens is 1. The first kappa shape index (κ1) is 24.8. The van der Waals surface area contributed by atoms with Crippen LogP contribution in [0.2, 0.25) is 0 Å². The lowest BCUT2D eigenvalue weighted by atomic mass is 9.82. The van der Waals surface area contributed by atoms with Gasteiger partial charge in [0.25, 0.3) is 0 Å². The third-order valence-corrected chi connectivity index (χ3v) is 7.39. The van der Waals surface area contributed by atoms with Crippen LogP contribution >= 0.6 is 0 Å². The van der Waals surface area contributed by atoms with E-state index in [1.54, 1.807) is 34.6 Å². The van der Waals surface area contributed by atoms with Gasteiger partial charge < -0.3 is 23.7 Å². The molecule has 1 aromatic heterocycles. The Morgan fingerprint density at radius 1 is 0.865 bits per heavy atom. The van der Waals surface area contributed by atoms with Crippen LogP contribution in [-0.2, 0) is 9.53 Å². The number of hydrogen-bond acceptors (Lipinski definition) is 7. The summed E-state index contributed by atoms with van der Waals surface area (Å²) in [7, 11) is 6.45. The Balaban J connectivity index is 1.55. The van der Waals surface area contributed by atoms with Crippen LogP contribution in [0.25, 0.3) is 6.08 Å². The Morgan fingerprint density at radius 2 is 1.51 bits per heavy atom. The highest BCUT2D eigenvalue weighted by Gasteiger charge is 2.58. The van der Waals surface area contributed by atoms with E-state index in [0.717, 1.165) is 16.8 Å². The second kappa shape index (κ2) is 10.3. The maximum atomic E-state index is 14.1. The molecule has 7 heteroatoms. The molecule has 1 aliphatic heterocycles. The summed E-state index contributed by atoms with van der Waals surface area (Å²) in [5.74, 6) is 2.39. The first-order valence-corrected chi connectivity index (χ1v) is 12.3. The summed E-state index contributed by atoms with van der Waals surface area (Å²) in [6.45, 7) is 0. The molecular formula is C30H31NO6. The van der Waals surface area contributed by atoms with Crippen LogP contribution in [0, 0.1) is 0 Å². The molecule has 1 saturated carbocycles. The third-order valence-electron chi connectivity index (χ3n) is 7.39. The van der Waals surface area contributed by atoms with Gasteiger partial charge in [-0.3, -0.25) is 9.78 Å². The SMILES string of the molecule is COc1ccc(C2CCC3(O2)C(=O)/C(=C/c2ccccn2)CC3c2ccc(OC)c(OC)c2)cc1OC. The van der Waals surface area contributed by atoms with E-state index in [1.165, 1.54) is 0 Å². The van der Waals surface area contributed by atoms with Crippen LogP contribution < -0.4 is 18.9 Å². The topological polar surface area (TPSA) is 76.1 Å². The molecule has 3 aromatic rings. The van der Waals surface area contributed by atoms with Gasteiger partial charge in [0.05, 0.1) is 40.2 Å². The molecule has 3 unspecified atom stereocenters. The van der Waals surface area contributed by atoms with Crippen molar-refractivity contribution in [2.24, 2.45) is 0 Å². The van der Waals surface area contributed by atoms with Gasteiger partial charge in [-0.1, -0.05) is 18.2 Å². The minimum atomic E-state index is -0.988. The van der Waals surface area contributed by atoms with Gasteiger partial charge in [0.2, 0.25) is 0 Å². The summed E-state index contributed by atoms with van der Waals surface area (Å²) in [6.07, 6.45) is 5.22. The fourth-order valence-corrected chi connectivity index (χ4v) is 5.56. The average Bonchev–Trinajstić information content (AvgIpc) is 3.51. The van der Waals surface area contributed by atoms with Crippen LogP contribution in [0.1, 0.15) is 48.1 Å². The number of Topliss-reactive ketones (excluding diaryl/α,β-unsaturated/α-hetero) is 1. The van der Waals surface area contributed by atoms with Gasteiger partial charge in [0.15, 0.2) is 28.8 Å². The van der Waals surface area contributed by atoms with E-state index in [9.17, 15) is 4.79 Å². The minimum Gasteiger partial charge on any atom is -0.493 e. The van der Waals surface area contributed by atoms with E-state index < -0.39 is 5.60 Å². The number of ether oxygens (including phenoxy) is 5. The maximum Gasteiger partial charge on any atom is 0.191 e. The number of carbonyl (C=O) groups is 1. The molecule has 2 heterocycles. The molecule has 3 atom stereocenters. The Labute approximate surface area is 217 Å². The quantitative estimate of drug-likeness (QED) is 0.393. The Hall–Kier alpha value is -3.84. The van der Waals surface area contributed by atoms with Crippen LogP contribution in [0.4, 0.5) is 0 Å².